The van der Waals surface area contributed by atoms with E-state index in [1.807, 2.05) is 18.2 Å². The molecule has 0 atom stereocenters. The second-order valence-corrected chi connectivity index (χ2v) is 4.98. The van der Waals surface area contributed by atoms with Crippen LogP contribution in [-0.2, 0) is 16.1 Å². The lowest BCUT2D eigenvalue weighted by Gasteiger charge is -2.00. The van der Waals surface area contributed by atoms with Crippen molar-refractivity contribution in [1.82, 2.24) is 5.32 Å². The molecule has 0 fully saturated rings. The highest BCUT2D eigenvalue weighted by atomic mass is 32.1. The number of thiophene rings is 1. The zero-order valence-corrected chi connectivity index (χ0v) is 11.0. The second kappa shape index (κ2) is 6.33. The van der Waals surface area contributed by atoms with Crippen molar-refractivity contribution in [2.24, 2.45) is 0 Å². The molecule has 3 nitrogen and oxygen atoms in total. The summed E-state index contributed by atoms with van der Waals surface area (Å²) in [4.78, 5) is 13.4. The van der Waals surface area contributed by atoms with Crippen molar-refractivity contribution in [1.29, 1.82) is 0 Å². The fourth-order valence-corrected chi connectivity index (χ4v) is 2.57. The van der Waals surface area contributed by atoms with E-state index in [0.717, 1.165) is 0 Å². The third-order valence-electron chi connectivity index (χ3n) is 2.52. The van der Waals surface area contributed by atoms with Crippen LogP contribution < -0.4 is 5.32 Å². The van der Waals surface area contributed by atoms with Gasteiger partial charge in [-0.05, 0) is 17.7 Å². The topological polar surface area (TPSA) is 38.3 Å². The largest absolute Gasteiger partial charge is 0.468 e. The van der Waals surface area contributed by atoms with E-state index in [-0.39, 0.29) is 12.5 Å². The Labute approximate surface area is 110 Å². The van der Waals surface area contributed by atoms with Crippen molar-refractivity contribution in [2.75, 3.05) is 13.7 Å². The number of nitrogens with one attached hydrogen (secondary N) is 1. The monoisotopic (exact) mass is 261 g/mol. The highest BCUT2D eigenvalue weighted by molar-refractivity contribution is 7.15. The highest BCUT2D eigenvalue weighted by Gasteiger charge is 2.03. The summed E-state index contributed by atoms with van der Waals surface area (Å²) < 4.78 is 4.56. The summed E-state index contributed by atoms with van der Waals surface area (Å²) in [6, 6.07) is 14.5. The maximum absolute atomic E-state index is 10.9. The molecule has 0 saturated heterocycles. The van der Waals surface area contributed by atoms with Crippen LogP contribution in [0, 0.1) is 0 Å². The summed E-state index contributed by atoms with van der Waals surface area (Å²) in [5, 5.41) is 3.05. The van der Waals surface area contributed by atoms with E-state index in [1.165, 1.54) is 22.4 Å². The molecule has 1 heterocycles. The molecule has 0 aliphatic rings. The molecule has 18 heavy (non-hydrogen) atoms. The van der Waals surface area contributed by atoms with Crippen molar-refractivity contribution >= 4 is 17.3 Å². The number of esters is 1. The number of benzene rings is 1. The highest BCUT2D eigenvalue weighted by Crippen LogP contribution is 2.27. The Morgan fingerprint density at radius 3 is 2.72 bits per heavy atom. The van der Waals surface area contributed by atoms with Crippen LogP contribution in [0.4, 0.5) is 0 Å². The Balaban J connectivity index is 1.93. The first kappa shape index (κ1) is 12.8. The van der Waals surface area contributed by atoms with Crippen molar-refractivity contribution in [2.45, 2.75) is 6.54 Å². The summed E-state index contributed by atoms with van der Waals surface area (Å²) in [7, 11) is 1.39. The zero-order valence-electron chi connectivity index (χ0n) is 10.2. The third-order valence-corrected chi connectivity index (χ3v) is 3.65. The molecule has 4 heteroatoms. The van der Waals surface area contributed by atoms with Crippen LogP contribution in [0.3, 0.4) is 0 Å². The molecule has 0 bridgehead atoms. The molecule has 1 N–H and O–H groups in total. The molecular weight excluding hydrogens is 246 g/mol. The molecule has 0 amide bonds. The van der Waals surface area contributed by atoms with E-state index in [1.54, 1.807) is 11.3 Å². The summed E-state index contributed by atoms with van der Waals surface area (Å²) >= 11 is 1.73. The van der Waals surface area contributed by atoms with Crippen LogP contribution >= 0.6 is 11.3 Å². The summed E-state index contributed by atoms with van der Waals surface area (Å²) in [5.74, 6) is -0.241. The van der Waals surface area contributed by atoms with Gasteiger partial charge in [0.2, 0.25) is 0 Å². The molecule has 2 rings (SSSR count). The Morgan fingerprint density at radius 1 is 1.22 bits per heavy atom. The predicted octanol–water partition coefficient (Wildman–Crippen LogP) is 2.68. The lowest BCUT2D eigenvalue weighted by atomic mass is 10.2. The van der Waals surface area contributed by atoms with E-state index in [2.05, 4.69) is 34.3 Å². The number of rotatable bonds is 5. The number of hydrogen-bond acceptors (Lipinski definition) is 4. The predicted molar refractivity (Wildman–Crippen MR) is 73.5 cm³/mol. The van der Waals surface area contributed by atoms with Crippen LogP contribution in [0.2, 0.25) is 0 Å². The lowest BCUT2D eigenvalue weighted by Crippen LogP contribution is -2.22. The van der Waals surface area contributed by atoms with Gasteiger partial charge in [0, 0.05) is 16.3 Å². The number of hydrogen-bond donors (Lipinski definition) is 1. The quantitative estimate of drug-likeness (QED) is 0.841. The molecule has 0 spiro atoms. The van der Waals surface area contributed by atoms with E-state index in [4.69, 9.17) is 0 Å². The van der Waals surface area contributed by atoms with Crippen molar-refractivity contribution in [3.8, 4) is 10.4 Å². The molecule has 0 aliphatic carbocycles. The van der Waals surface area contributed by atoms with Crippen molar-refractivity contribution in [3.05, 3.63) is 47.3 Å². The minimum atomic E-state index is -0.241. The van der Waals surface area contributed by atoms with Crippen LogP contribution in [0.25, 0.3) is 10.4 Å². The summed E-state index contributed by atoms with van der Waals surface area (Å²) in [6.07, 6.45) is 0. The molecular formula is C14H15NO2S. The molecule has 1 aromatic carbocycles. The minimum Gasteiger partial charge on any atom is -0.468 e. The molecule has 1 aromatic heterocycles. The fourth-order valence-electron chi connectivity index (χ4n) is 1.59. The normalized spacial score (nSPS) is 10.3. The van der Waals surface area contributed by atoms with E-state index in [0.29, 0.717) is 6.54 Å². The smallest absolute Gasteiger partial charge is 0.319 e. The maximum atomic E-state index is 10.9. The SMILES string of the molecule is COC(=O)CNCc1ccc(-c2ccccc2)s1. The number of ether oxygens (including phenoxy) is 1. The Hall–Kier alpha value is -1.65. The number of carbonyl (C=O) groups excluding carboxylic acids is 1. The van der Waals surface area contributed by atoms with Gasteiger partial charge in [0.1, 0.15) is 0 Å². The van der Waals surface area contributed by atoms with Crippen molar-refractivity contribution in [3.63, 3.8) is 0 Å². The molecule has 0 radical (unpaired) electrons. The van der Waals surface area contributed by atoms with E-state index in [9.17, 15) is 4.79 Å². The molecule has 0 saturated carbocycles. The lowest BCUT2D eigenvalue weighted by molar-refractivity contribution is -0.139. The molecule has 94 valence electrons. The van der Waals surface area contributed by atoms with Gasteiger partial charge >= 0.3 is 5.97 Å². The average Bonchev–Trinajstić information content (AvgIpc) is 2.88. The number of methoxy groups -OCH3 is 1. The van der Waals surface area contributed by atoms with Gasteiger partial charge in [0.25, 0.3) is 0 Å². The fraction of sp³-hybridized carbons (Fsp3) is 0.214. The van der Waals surface area contributed by atoms with Gasteiger partial charge in [-0.25, -0.2) is 0 Å². The van der Waals surface area contributed by atoms with Gasteiger partial charge in [-0.1, -0.05) is 30.3 Å². The van der Waals surface area contributed by atoms with Crippen LogP contribution in [-0.4, -0.2) is 19.6 Å². The molecule has 0 aliphatic heterocycles. The average molecular weight is 261 g/mol. The van der Waals surface area contributed by atoms with Gasteiger partial charge in [-0.3, -0.25) is 4.79 Å². The molecule has 0 unspecified atom stereocenters. The van der Waals surface area contributed by atoms with Gasteiger partial charge in [0.15, 0.2) is 0 Å². The Morgan fingerprint density at radius 2 is 2.00 bits per heavy atom. The van der Waals surface area contributed by atoms with Crippen LogP contribution in [0.15, 0.2) is 42.5 Å². The van der Waals surface area contributed by atoms with Crippen molar-refractivity contribution < 1.29 is 9.53 Å². The van der Waals surface area contributed by atoms with Gasteiger partial charge < -0.3 is 10.1 Å². The van der Waals surface area contributed by atoms with Crippen LogP contribution in [0.1, 0.15) is 4.88 Å². The minimum absolute atomic E-state index is 0.241. The first-order valence-corrected chi connectivity index (χ1v) is 6.53. The standard InChI is InChI=1S/C14H15NO2S/c1-17-14(16)10-15-9-12-7-8-13(18-12)11-5-3-2-4-6-11/h2-8,15H,9-10H2,1H3. The Kier molecular flexibility index (Phi) is 4.50. The summed E-state index contributed by atoms with van der Waals surface area (Å²) in [5.41, 5.74) is 1.22. The summed E-state index contributed by atoms with van der Waals surface area (Å²) in [6.45, 7) is 0.932. The van der Waals surface area contributed by atoms with Gasteiger partial charge in [0.05, 0.1) is 13.7 Å². The first-order chi connectivity index (χ1) is 8.79. The Bertz CT molecular complexity index is 508. The van der Waals surface area contributed by atoms with Gasteiger partial charge in [-0.15, -0.1) is 11.3 Å². The maximum Gasteiger partial charge on any atom is 0.319 e. The molecule has 2 aromatic rings. The first-order valence-electron chi connectivity index (χ1n) is 5.71. The third kappa shape index (κ3) is 3.42. The van der Waals surface area contributed by atoms with E-state index < -0.39 is 0 Å². The number of carbonyl (C=O) groups is 1. The van der Waals surface area contributed by atoms with Crippen LogP contribution in [0.5, 0.6) is 0 Å². The second-order valence-electron chi connectivity index (χ2n) is 3.81. The van der Waals surface area contributed by atoms with Gasteiger partial charge in [-0.2, -0.15) is 0 Å². The zero-order chi connectivity index (χ0) is 12.8. The van der Waals surface area contributed by atoms with E-state index >= 15 is 0 Å².